The first kappa shape index (κ1) is 24.4. The van der Waals surface area contributed by atoms with Crippen LogP contribution in [-0.4, -0.2) is 27.8 Å². The number of benzene rings is 1. The van der Waals surface area contributed by atoms with Crippen molar-refractivity contribution < 1.29 is 4.79 Å². The third-order valence-corrected chi connectivity index (χ3v) is 6.03. The van der Waals surface area contributed by atoms with Gasteiger partial charge in [-0.1, -0.05) is 50.4 Å². The van der Waals surface area contributed by atoms with E-state index in [1.807, 2.05) is 20.8 Å². The molecule has 1 heterocycles. The summed E-state index contributed by atoms with van der Waals surface area (Å²) in [6, 6.07) is 5.01. The molecule has 7 nitrogen and oxygen atoms in total. The average molecular weight is 473 g/mol. The number of nitrogen functional groups attached to an aromatic ring is 1. The molecule has 2 rings (SSSR count). The van der Waals surface area contributed by atoms with Crippen molar-refractivity contribution in [3.8, 4) is 0 Å². The van der Waals surface area contributed by atoms with E-state index < -0.39 is 11.2 Å². The molecule has 0 aliphatic rings. The van der Waals surface area contributed by atoms with Crippen LogP contribution in [-0.2, 0) is 11.3 Å². The first-order valence-corrected chi connectivity index (χ1v) is 11.4. The molecular weight excluding hydrogens is 447 g/mol. The highest BCUT2D eigenvalue weighted by molar-refractivity contribution is 8.00. The monoisotopic (exact) mass is 472 g/mol. The molecule has 0 spiro atoms. The van der Waals surface area contributed by atoms with E-state index in [1.165, 1.54) is 21.2 Å². The van der Waals surface area contributed by atoms with Gasteiger partial charge in [0.2, 0.25) is 5.91 Å². The van der Waals surface area contributed by atoms with Crippen LogP contribution in [0.3, 0.4) is 0 Å². The Labute approximate surface area is 189 Å². The number of hydrogen-bond acceptors (Lipinski definition) is 5. The lowest BCUT2D eigenvalue weighted by molar-refractivity contribution is -0.116. The van der Waals surface area contributed by atoms with Crippen molar-refractivity contribution in [1.82, 2.24) is 9.55 Å². The van der Waals surface area contributed by atoms with Crippen LogP contribution in [0.15, 0.2) is 32.7 Å². The first-order chi connectivity index (χ1) is 14.1. The number of nitrogens with two attached hydrogens (primary N) is 1. The molecule has 164 valence electrons. The number of aromatic amines is 1. The summed E-state index contributed by atoms with van der Waals surface area (Å²) >= 11 is 13.4. The van der Waals surface area contributed by atoms with Gasteiger partial charge in [-0.25, -0.2) is 4.79 Å². The zero-order chi connectivity index (χ0) is 22.4. The van der Waals surface area contributed by atoms with E-state index in [0.717, 1.165) is 6.42 Å². The largest absolute Gasteiger partial charge is 0.383 e. The van der Waals surface area contributed by atoms with Crippen LogP contribution in [0.4, 0.5) is 11.5 Å². The fourth-order valence-electron chi connectivity index (χ4n) is 2.87. The highest BCUT2D eigenvalue weighted by Crippen LogP contribution is 2.30. The summed E-state index contributed by atoms with van der Waals surface area (Å²) in [6.45, 7) is 6.49. The van der Waals surface area contributed by atoms with E-state index in [1.54, 1.807) is 18.2 Å². The summed E-state index contributed by atoms with van der Waals surface area (Å²) in [4.78, 5) is 42.2. The molecule has 1 aromatic carbocycles. The number of amides is 1. The van der Waals surface area contributed by atoms with Crippen LogP contribution in [0.2, 0.25) is 10.0 Å². The van der Waals surface area contributed by atoms with Gasteiger partial charge in [-0.2, -0.15) is 0 Å². The third kappa shape index (κ3) is 6.06. The lowest BCUT2D eigenvalue weighted by Crippen LogP contribution is -2.42. The van der Waals surface area contributed by atoms with E-state index in [-0.39, 0.29) is 29.1 Å². The molecule has 0 aliphatic heterocycles. The Morgan fingerprint density at radius 2 is 2.00 bits per heavy atom. The number of aromatic nitrogens is 2. The molecule has 0 atom stereocenters. The van der Waals surface area contributed by atoms with Gasteiger partial charge in [0.05, 0.1) is 10.8 Å². The standard InChI is InChI=1S/C20H26Cl2N4O3S/c1-4-5-8-25(16(27)11-30-15-9-13(21)6-7-14(15)22)17-18(23)26(10-12(2)3)20(29)24-19(17)28/h6-7,9,12H,4-5,8,10-11,23H2,1-3H3,(H,24,28,29). The highest BCUT2D eigenvalue weighted by Gasteiger charge is 2.24. The number of unbranched alkanes of at least 4 members (excludes halogenated alkanes) is 1. The second kappa shape index (κ2) is 10.9. The Hall–Kier alpha value is -1.90. The SMILES string of the molecule is CCCCN(C(=O)CSc1cc(Cl)ccc1Cl)c1c(N)n(CC(C)C)c(=O)[nH]c1=O. The second-order valence-corrected chi connectivity index (χ2v) is 9.12. The maximum atomic E-state index is 13.1. The lowest BCUT2D eigenvalue weighted by atomic mass is 10.2. The number of carbonyl (C=O) groups is 1. The first-order valence-electron chi connectivity index (χ1n) is 9.66. The molecule has 0 aliphatic carbocycles. The van der Waals surface area contributed by atoms with Crippen LogP contribution in [0.5, 0.6) is 0 Å². The molecular formula is C20H26Cl2N4O3S. The molecule has 0 unspecified atom stereocenters. The van der Waals surface area contributed by atoms with E-state index in [2.05, 4.69) is 4.98 Å². The normalized spacial score (nSPS) is 11.1. The van der Waals surface area contributed by atoms with Crippen molar-refractivity contribution in [2.45, 2.75) is 45.1 Å². The van der Waals surface area contributed by atoms with Crippen molar-refractivity contribution >= 4 is 52.4 Å². The lowest BCUT2D eigenvalue weighted by Gasteiger charge is -2.25. The number of thioether (sulfide) groups is 1. The number of anilines is 2. The maximum absolute atomic E-state index is 13.1. The average Bonchev–Trinajstić information content (AvgIpc) is 2.67. The van der Waals surface area contributed by atoms with Gasteiger partial charge in [-0.15, -0.1) is 11.8 Å². The van der Waals surface area contributed by atoms with Gasteiger partial charge in [-0.3, -0.25) is 19.1 Å². The Morgan fingerprint density at radius 1 is 1.30 bits per heavy atom. The van der Waals surface area contributed by atoms with E-state index >= 15 is 0 Å². The molecule has 0 saturated carbocycles. The molecule has 1 aromatic heterocycles. The fourth-order valence-corrected chi connectivity index (χ4v) is 4.24. The van der Waals surface area contributed by atoms with Gasteiger partial charge in [0, 0.05) is 23.0 Å². The minimum absolute atomic E-state index is 0.00601. The van der Waals surface area contributed by atoms with Crippen LogP contribution in [0, 0.1) is 5.92 Å². The molecule has 2 aromatic rings. The van der Waals surface area contributed by atoms with Crippen molar-refractivity contribution in [2.75, 3.05) is 22.9 Å². The minimum atomic E-state index is -0.673. The van der Waals surface area contributed by atoms with E-state index in [0.29, 0.717) is 34.5 Å². The summed E-state index contributed by atoms with van der Waals surface area (Å²) < 4.78 is 1.30. The van der Waals surface area contributed by atoms with Crippen molar-refractivity contribution in [1.29, 1.82) is 0 Å². The van der Waals surface area contributed by atoms with Crippen LogP contribution < -0.4 is 21.9 Å². The van der Waals surface area contributed by atoms with Gasteiger partial charge >= 0.3 is 5.69 Å². The van der Waals surface area contributed by atoms with E-state index in [4.69, 9.17) is 28.9 Å². The Bertz CT molecular complexity index is 1020. The Balaban J connectivity index is 2.39. The zero-order valence-electron chi connectivity index (χ0n) is 17.2. The fraction of sp³-hybridized carbons (Fsp3) is 0.450. The molecule has 0 bridgehead atoms. The number of H-pyrrole nitrogens is 1. The predicted molar refractivity (Wildman–Crippen MR) is 125 cm³/mol. The predicted octanol–water partition coefficient (Wildman–Crippen LogP) is 4.01. The number of hydrogen-bond donors (Lipinski definition) is 2. The minimum Gasteiger partial charge on any atom is -0.383 e. The molecule has 0 saturated heterocycles. The molecule has 0 radical (unpaired) electrons. The molecule has 30 heavy (non-hydrogen) atoms. The molecule has 3 N–H and O–H groups in total. The number of halogens is 2. The summed E-state index contributed by atoms with van der Waals surface area (Å²) in [5.41, 5.74) is 4.95. The van der Waals surface area contributed by atoms with Crippen molar-refractivity contribution in [2.24, 2.45) is 5.92 Å². The smallest absolute Gasteiger partial charge is 0.330 e. The highest BCUT2D eigenvalue weighted by atomic mass is 35.5. The van der Waals surface area contributed by atoms with E-state index in [9.17, 15) is 14.4 Å². The second-order valence-electron chi connectivity index (χ2n) is 7.26. The number of nitrogens with zero attached hydrogens (tertiary/aromatic N) is 2. The van der Waals surface area contributed by atoms with Gasteiger partial charge in [0.1, 0.15) is 5.82 Å². The number of carbonyl (C=O) groups excluding carboxylic acids is 1. The quantitative estimate of drug-likeness (QED) is 0.536. The van der Waals surface area contributed by atoms with Crippen LogP contribution >= 0.6 is 35.0 Å². The molecule has 1 amide bonds. The molecule has 10 heteroatoms. The van der Waals surface area contributed by atoms with Crippen LogP contribution in [0.1, 0.15) is 33.6 Å². The summed E-state index contributed by atoms with van der Waals surface area (Å²) in [5.74, 6) is -0.153. The summed E-state index contributed by atoms with van der Waals surface area (Å²) in [5, 5.41) is 0.999. The molecule has 0 fully saturated rings. The van der Waals surface area contributed by atoms with Crippen LogP contribution in [0.25, 0.3) is 0 Å². The van der Waals surface area contributed by atoms with Crippen molar-refractivity contribution in [3.63, 3.8) is 0 Å². The maximum Gasteiger partial charge on any atom is 0.330 e. The Kier molecular flexibility index (Phi) is 8.88. The van der Waals surface area contributed by atoms with Gasteiger partial charge < -0.3 is 10.6 Å². The Morgan fingerprint density at radius 3 is 2.63 bits per heavy atom. The van der Waals surface area contributed by atoms with Gasteiger partial charge in [0.15, 0.2) is 5.69 Å². The number of nitrogens with one attached hydrogen (secondary N) is 1. The third-order valence-electron chi connectivity index (χ3n) is 4.31. The number of rotatable bonds is 9. The topological polar surface area (TPSA) is 101 Å². The van der Waals surface area contributed by atoms with Gasteiger partial charge in [0.25, 0.3) is 5.56 Å². The zero-order valence-corrected chi connectivity index (χ0v) is 19.5. The van der Waals surface area contributed by atoms with Crippen molar-refractivity contribution in [3.05, 3.63) is 49.1 Å². The summed E-state index contributed by atoms with van der Waals surface area (Å²) in [7, 11) is 0. The summed E-state index contributed by atoms with van der Waals surface area (Å²) in [6.07, 6.45) is 1.50. The van der Waals surface area contributed by atoms with Gasteiger partial charge in [-0.05, 0) is 30.5 Å².